The Morgan fingerprint density at radius 3 is 2.84 bits per heavy atom. The molecule has 3 aromatic rings. The van der Waals surface area contributed by atoms with Crippen LogP contribution in [0.2, 0.25) is 0 Å². The molecule has 0 saturated carbocycles. The normalized spacial score (nSPS) is 10.3. The predicted octanol–water partition coefficient (Wildman–Crippen LogP) is 3.18. The largest absolute Gasteiger partial charge is 0.495 e. The first kappa shape index (κ1) is 16.4. The van der Waals surface area contributed by atoms with Crippen molar-refractivity contribution in [3.05, 3.63) is 60.2 Å². The Labute approximate surface area is 147 Å². The second kappa shape index (κ2) is 6.96. The van der Waals surface area contributed by atoms with E-state index in [0.29, 0.717) is 17.1 Å². The van der Waals surface area contributed by atoms with E-state index in [9.17, 15) is 4.79 Å². The van der Waals surface area contributed by atoms with E-state index in [-0.39, 0.29) is 14.4 Å². The zero-order valence-electron chi connectivity index (χ0n) is 13.9. The lowest BCUT2D eigenvalue weighted by atomic mass is 10.2. The van der Waals surface area contributed by atoms with Crippen LogP contribution >= 0.6 is 0 Å². The summed E-state index contributed by atoms with van der Waals surface area (Å²) in [7, 11) is 1.54. The molecular formula is C18H21N5O2. The van der Waals surface area contributed by atoms with Gasteiger partial charge in [-0.3, -0.25) is 9.78 Å². The van der Waals surface area contributed by atoms with Gasteiger partial charge in [0.2, 0.25) is 0 Å². The maximum absolute atomic E-state index is 12.6. The molecule has 7 heteroatoms. The lowest BCUT2D eigenvalue weighted by Crippen LogP contribution is -2.17. The number of benzene rings is 1. The van der Waals surface area contributed by atoms with E-state index in [1.165, 1.54) is 13.3 Å². The molecule has 0 saturated heterocycles. The predicted molar refractivity (Wildman–Crippen MR) is 99.6 cm³/mol. The molecule has 2 heterocycles. The molecule has 0 aliphatic heterocycles. The van der Waals surface area contributed by atoms with E-state index in [1.807, 2.05) is 25.1 Å². The van der Waals surface area contributed by atoms with Gasteiger partial charge in [-0.15, -0.1) is 0 Å². The van der Waals surface area contributed by atoms with Gasteiger partial charge in [0, 0.05) is 20.8 Å². The van der Waals surface area contributed by atoms with E-state index >= 15 is 0 Å². The summed E-state index contributed by atoms with van der Waals surface area (Å²) in [5.74, 6) is 0.144. The average Bonchev–Trinajstić information content (AvgIpc) is 2.63. The Bertz CT molecular complexity index is 923. The summed E-state index contributed by atoms with van der Waals surface area (Å²) in [6, 6.07) is 9.10. The molecule has 0 unspecified atom stereocenters. The molecule has 1 amide bonds. The Morgan fingerprint density at radius 2 is 2.12 bits per heavy atom. The summed E-state index contributed by atoms with van der Waals surface area (Å²) in [6.07, 6.45) is 4.81. The highest BCUT2D eigenvalue weighted by Crippen LogP contribution is 2.26. The molecule has 0 radical (unpaired) electrons. The number of anilines is 2. The number of carbonyl (C=O) groups excluding carboxylic acids is 1. The van der Waals surface area contributed by atoms with Gasteiger partial charge >= 0.3 is 0 Å². The van der Waals surface area contributed by atoms with Crippen LogP contribution in [0.4, 0.5) is 11.5 Å². The molecular weight excluding hydrogens is 318 g/mol. The smallest absolute Gasteiger partial charge is 0.278 e. The third kappa shape index (κ3) is 3.55. The van der Waals surface area contributed by atoms with Crippen molar-refractivity contribution in [2.75, 3.05) is 18.2 Å². The van der Waals surface area contributed by atoms with Crippen LogP contribution in [0, 0.1) is 6.92 Å². The Hall–Kier alpha value is -3.48. The summed E-state index contributed by atoms with van der Waals surface area (Å²) in [4.78, 5) is 25.1. The fourth-order valence-electron chi connectivity index (χ4n) is 2.32. The van der Waals surface area contributed by atoms with E-state index < -0.39 is 5.91 Å². The van der Waals surface area contributed by atoms with Gasteiger partial charge in [-0.1, -0.05) is 6.07 Å². The zero-order valence-corrected chi connectivity index (χ0v) is 13.9. The number of hydrogen-bond acceptors (Lipinski definition) is 6. The van der Waals surface area contributed by atoms with Crippen LogP contribution in [-0.4, -0.2) is 28.0 Å². The molecule has 0 atom stereocenters. The van der Waals surface area contributed by atoms with Gasteiger partial charge in [-0.25, -0.2) is 9.97 Å². The summed E-state index contributed by atoms with van der Waals surface area (Å²) >= 11 is 0. The number of hydrogen-bond donors (Lipinski definition) is 2. The molecule has 7 nitrogen and oxygen atoms in total. The van der Waals surface area contributed by atoms with Crippen LogP contribution in [0.5, 0.6) is 5.75 Å². The number of nitrogen functional groups attached to an aromatic ring is 1. The van der Waals surface area contributed by atoms with E-state index in [2.05, 4.69) is 20.3 Å². The SMILES string of the molecule is COc1ccc(C)cc1NC(=O)c1nc(-c2cccnc2)cnc1N.[HH].[HH]. The lowest BCUT2D eigenvalue weighted by molar-refractivity contribution is 0.102. The number of nitrogens with zero attached hydrogens (tertiary/aromatic N) is 3. The van der Waals surface area contributed by atoms with Crippen LogP contribution in [-0.2, 0) is 0 Å². The second-order valence-corrected chi connectivity index (χ2v) is 5.39. The summed E-state index contributed by atoms with van der Waals surface area (Å²) in [6.45, 7) is 1.92. The molecule has 0 bridgehead atoms. The Kier molecular flexibility index (Phi) is 4.56. The van der Waals surface area contributed by atoms with Crippen LogP contribution < -0.4 is 15.8 Å². The maximum atomic E-state index is 12.6. The number of nitrogens with two attached hydrogens (primary N) is 1. The molecule has 0 fully saturated rings. The highest BCUT2D eigenvalue weighted by atomic mass is 16.5. The first-order valence-electron chi connectivity index (χ1n) is 7.57. The number of methoxy groups -OCH3 is 1. The van der Waals surface area contributed by atoms with Crippen molar-refractivity contribution in [3.63, 3.8) is 0 Å². The third-order valence-electron chi connectivity index (χ3n) is 3.58. The van der Waals surface area contributed by atoms with Gasteiger partial charge in [0.1, 0.15) is 5.75 Å². The molecule has 0 aliphatic carbocycles. The van der Waals surface area contributed by atoms with Gasteiger partial charge < -0.3 is 15.8 Å². The molecule has 0 spiro atoms. The zero-order chi connectivity index (χ0) is 17.8. The van der Waals surface area contributed by atoms with Crippen molar-refractivity contribution in [1.29, 1.82) is 0 Å². The number of aromatic nitrogens is 3. The summed E-state index contributed by atoms with van der Waals surface area (Å²) in [5, 5.41) is 2.78. The average molecular weight is 339 g/mol. The molecule has 130 valence electrons. The molecule has 0 aliphatic rings. The minimum absolute atomic E-state index is 0. The van der Waals surface area contributed by atoms with Crippen LogP contribution in [0.1, 0.15) is 18.9 Å². The number of aryl methyl sites for hydroxylation is 1. The molecule has 1 aromatic carbocycles. The first-order chi connectivity index (χ1) is 12.1. The Balaban J connectivity index is 0.00000182. The van der Waals surface area contributed by atoms with Gasteiger partial charge in [-0.05, 0) is 36.8 Å². The number of nitrogens with one attached hydrogen (secondary N) is 1. The minimum atomic E-state index is -0.459. The van der Waals surface area contributed by atoms with Gasteiger partial charge in [0.15, 0.2) is 11.5 Å². The van der Waals surface area contributed by atoms with Gasteiger partial charge in [0.05, 0.1) is 24.7 Å². The third-order valence-corrected chi connectivity index (χ3v) is 3.58. The number of carbonyl (C=O) groups is 1. The topological polar surface area (TPSA) is 103 Å². The van der Waals surface area contributed by atoms with Crippen molar-refractivity contribution in [2.45, 2.75) is 6.92 Å². The van der Waals surface area contributed by atoms with Crippen molar-refractivity contribution >= 4 is 17.4 Å². The Morgan fingerprint density at radius 1 is 1.28 bits per heavy atom. The maximum Gasteiger partial charge on any atom is 0.278 e. The lowest BCUT2D eigenvalue weighted by Gasteiger charge is -2.12. The van der Waals surface area contributed by atoms with Crippen LogP contribution in [0.25, 0.3) is 11.3 Å². The fourth-order valence-corrected chi connectivity index (χ4v) is 2.32. The van der Waals surface area contributed by atoms with E-state index in [4.69, 9.17) is 10.5 Å². The minimum Gasteiger partial charge on any atom is -0.495 e. The first-order valence-corrected chi connectivity index (χ1v) is 7.57. The second-order valence-electron chi connectivity index (χ2n) is 5.39. The summed E-state index contributed by atoms with van der Waals surface area (Å²) < 4.78 is 5.27. The molecule has 2 aromatic heterocycles. The number of rotatable bonds is 4. The van der Waals surface area contributed by atoms with Crippen molar-refractivity contribution in [2.24, 2.45) is 0 Å². The van der Waals surface area contributed by atoms with Crippen molar-refractivity contribution in [1.82, 2.24) is 15.0 Å². The van der Waals surface area contributed by atoms with Gasteiger partial charge in [-0.2, -0.15) is 0 Å². The van der Waals surface area contributed by atoms with Crippen molar-refractivity contribution < 1.29 is 12.4 Å². The highest BCUT2D eigenvalue weighted by molar-refractivity contribution is 6.06. The number of amides is 1. The highest BCUT2D eigenvalue weighted by Gasteiger charge is 2.17. The van der Waals surface area contributed by atoms with E-state index in [1.54, 1.807) is 24.5 Å². The molecule has 3 rings (SSSR count). The number of pyridine rings is 1. The van der Waals surface area contributed by atoms with Gasteiger partial charge in [0.25, 0.3) is 5.91 Å². The van der Waals surface area contributed by atoms with E-state index in [0.717, 1.165) is 11.1 Å². The monoisotopic (exact) mass is 339 g/mol. The molecule has 25 heavy (non-hydrogen) atoms. The van der Waals surface area contributed by atoms with Crippen molar-refractivity contribution in [3.8, 4) is 17.0 Å². The van der Waals surface area contributed by atoms with Crippen LogP contribution in [0.3, 0.4) is 0 Å². The quantitative estimate of drug-likeness (QED) is 0.756. The van der Waals surface area contributed by atoms with Crippen LogP contribution in [0.15, 0.2) is 48.9 Å². The number of ether oxygens (including phenoxy) is 1. The summed E-state index contributed by atoms with van der Waals surface area (Å²) in [5.41, 5.74) is 8.68. The fraction of sp³-hybridized carbons (Fsp3) is 0.111. The standard InChI is InChI=1S/C18H17N5O2.2H2/c1-11-5-6-15(25-2)13(8-11)23-18(24)16-17(19)21-10-14(22-16)12-4-3-7-20-9-12;;/h3-10H,1-2H3,(H2,19,21)(H,23,24);2*1H. The molecule has 3 N–H and O–H groups in total.